The number of benzene rings is 3. The standard InChI is InChI=1S/C24H24N2O4S/c1-16(2)26(3)31(28,29)18-14-12-17(13-15-18)25-24(27)23-19-8-4-6-10-21(19)30-22-11-7-5-9-20(22)23/h4-16,23H,1-3H3,(H,25,27). The number of carbonyl (C=O) groups is 1. The van der Waals surface area contributed by atoms with Crippen LogP contribution in [-0.2, 0) is 14.8 Å². The lowest BCUT2D eigenvalue weighted by Gasteiger charge is -2.27. The van der Waals surface area contributed by atoms with Crippen LogP contribution in [0.1, 0.15) is 30.9 Å². The number of anilines is 1. The van der Waals surface area contributed by atoms with Crippen molar-refractivity contribution in [3.63, 3.8) is 0 Å². The predicted molar refractivity (Wildman–Crippen MR) is 120 cm³/mol. The molecule has 1 aliphatic heterocycles. The van der Waals surface area contributed by atoms with Crippen molar-refractivity contribution >= 4 is 21.6 Å². The lowest BCUT2D eigenvalue weighted by Crippen LogP contribution is -2.33. The van der Waals surface area contributed by atoms with Crippen molar-refractivity contribution in [1.82, 2.24) is 4.31 Å². The fourth-order valence-corrected chi connectivity index (χ4v) is 4.93. The second kappa shape index (κ2) is 8.17. The van der Waals surface area contributed by atoms with E-state index in [0.29, 0.717) is 17.2 Å². The fraction of sp³-hybridized carbons (Fsp3) is 0.208. The van der Waals surface area contributed by atoms with Crippen LogP contribution in [0.2, 0.25) is 0 Å². The van der Waals surface area contributed by atoms with Gasteiger partial charge in [-0.25, -0.2) is 8.42 Å². The van der Waals surface area contributed by atoms with Gasteiger partial charge in [-0.05, 0) is 50.2 Å². The molecule has 31 heavy (non-hydrogen) atoms. The molecule has 1 amide bonds. The number of carbonyl (C=O) groups excluding carboxylic acids is 1. The molecule has 6 nitrogen and oxygen atoms in total. The molecule has 0 fully saturated rings. The summed E-state index contributed by atoms with van der Waals surface area (Å²) >= 11 is 0. The van der Waals surface area contributed by atoms with E-state index in [-0.39, 0.29) is 16.8 Å². The summed E-state index contributed by atoms with van der Waals surface area (Å²) in [4.78, 5) is 13.5. The first-order valence-electron chi connectivity index (χ1n) is 10.0. The predicted octanol–water partition coefficient (Wildman–Crippen LogP) is 4.59. The molecule has 3 aromatic carbocycles. The summed E-state index contributed by atoms with van der Waals surface area (Å²) in [6.07, 6.45) is 0. The maximum atomic E-state index is 13.3. The Labute approximate surface area is 182 Å². The average molecular weight is 437 g/mol. The highest BCUT2D eigenvalue weighted by atomic mass is 32.2. The zero-order chi connectivity index (χ0) is 22.2. The van der Waals surface area contributed by atoms with Gasteiger partial charge in [-0.2, -0.15) is 4.31 Å². The van der Waals surface area contributed by atoms with Gasteiger partial charge in [-0.15, -0.1) is 0 Å². The van der Waals surface area contributed by atoms with Gasteiger partial charge in [0.15, 0.2) is 0 Å². The van der Waals surface area contributed by atoms with Crippen LogP contribution in [0, 0.1) is 0 Å². The number of nitrogens with one attached hydrogen (secondary N) is 1. The molecule has 4 rings (SSSR count). The Morgan fingerprint density at radius 3 is 1.94 bits per heavy atom. The minimum Gasteiger partial charge on any atom is -0.457 e. The highest BCUT2D eigenvalue weighted by Gasteiger charge is 2.32. The van der Waals surface area contributed by atoms with Gasteiger partial charge in [-0.3, -0.25) is 4.79 Å². The topological polar surface area (TPSA) is 75.7 Å². The molecule has 0 saturated carbocycles. The molecule has 1 aliphatic rings. The van der Waals surface area contributed by atoms with Crippen LogP contribution in [0.5, 0.6) is 11.5 Å². The number of ether oxygens (including phenoxy) is 1. The van der Waals surface area contributed by atoms with Crippen LogP contribution < -0.4 is 10.1 Å². The Balaban J connectivity index is 1.61. The van der Waals surface area contributed by atoms with Gasteiger partial charge in [0.2, 0.25) is 15.9 Å². The Morgan fingerprint density at radius 1 is 0.903 bits per heavy atom. The van der Waals surface area contributed by atoms with E-state index in [0.717, 1.165) is 11.1 Å². The van der Waals surface area contributed by atoms with Gasteiger partial charge in [-0.1, -0.05) is 36.4 Å². The van der Waals surface area contributed by atoms with Gasteiger partial charge in [0.05, 0.1) is 10.8 Å². The fourth-order valence-electron chi connectivity index (χ4n) is 3.56. The van der Waals surface area contributed by atoms with Crippen LogP contribution in [-0.4, -0.2) is 31.7 Å². The van der Waals surface area contributed by atoms with E-state index in [1.165, 1.54) is 16.4 Å². The highest BCUT2D eigenvalue weighted by molar-refractivity contribution is 7.89. The molecule has 0 radical (unpaired) electrons. The molecule has 3 aromatic rings. The van der Waals surface area contributed by atoms with Gasteiger partial charge < -0.3 is 10.1 Å². The van der Waals surface area contributed by atoms with Crippen molar-refractivity contribution in [3.8, 4) is 11.5 Å². The van der Waals surface area contributed by atoms with Gasteiger partial charge in [0.25, 0.3) is 0 Å². The van der Waals surface area contributed by atoms with E-state index < -0.39 is 15.9 Å². The van der Waals surface area contributed by atoms with Crippen molar-refractivity contribution in [3.05, 3.63) is 83.9 Å². The monoisotopic (exact) mass is 436 g/mol. The summed E-state index contributed by atoms with van der Waals surface area (Å²) < 4.78 is 32.6. The third-order valence-corrected chi connectivity index (χ3v) is 7.52. The molecule has 0 aromatic heterocycles. The molecular weight excluding hydrogens is 412 g/mol. The number of hydrogen-bond donors (Lipinski definition) is 1. The third kappa shape index (κ3) is 3.94. The number of amides is 1. The van der Waals surface area contributed by atoms with Crippen LogP contribution in [0.3, 0.4) is 0 Å². The van der Waals surface area contributed by atoms with E-state index in [1.807, 2.05) is 62.4 Å². The molecule has 1 heterocycles. The van der Waals surface area contributed by atoms with Gasteiger partial charge in [0.1, 0.15) is 11.5 Å². The molecule has 160 valence electrons. The molecule has 0 spiro atoms. The van der Waals surface area contributed by atoms with Gasteiger partial charge >= 0.3 is 0 Å². The van der Waals surface area contributed by atoms with E-state index in [2.05, 4.69) is 5.32 Å². The van der Waals surface area contributed by atoms with E-state index in [4.69, 9.17) is 4.74 Å². The van der Waals surface area contributed by atoms with E-state index in [9.17, 15) is 13.2 Å². The van der Waals surface area contributed by atoms with Crippen molar-refractivity contribution in [2.24, 2.45) is 0 Å². The third-order valence-electron chi connectivity index (χ3n) is 5.47. The summed E-state index contributed by atoms with van der Waals surface area (Å²) in [7, 11) is -2.03. The molecule has 0 bridgehead atoms. The number of sulfonamides is 1. The molecule has 0 atom stereocenters. The zero-order valence-corrected chi connectivity index (χ0v) is 18.4. The molecular formula is C24H24N2O4S. The Kier molecular flexibility index (Phi) is 5.56. The van der Waals surface area contributed by atoms with Crippen LogP contribution >= 0.6 is 0 Å². The Hall–Kier alpha value is -3.16. The average Bonchev–Trinajstić information content (AvgIpc) is 2.77. The van der Waals surface area contributed by atoms with Crippen molar-refractivity contribution in [2.75, 3.05) is 12.4 Å². The first-order chi connectivity index (χ1) is 14.8. The van der Waals surface area contributed by atoms with Gasteiger partial charge in [0, 0.05) is 29.9 Å². The second-order valence-electron chi connectivity index (χ2n) is 7.74. The van der Waals surface area contributed by atoms with E-state index >= 15 is 0 Å². The summed E-state index contributed by atoms with van der Waals surface area (Å²) in [5.74, 6) is 0.564. The molecule has 7 heteroatoms. The first kappa shape index (κ1) is 21.1. The van der Waals surface area contributed by atoms with Crippen LogP contribution in [0.25, 0.3) is 0 Å². The highest BCUT2D eigenvalue weighted by Crippen LogP contribution is 2.44. The Bertz CT molecular complexity index is 1170. The normalized spacial score (nSPS) is 13.5. The lowest BCUT2D eigenvalue weighted by molar-refractivity contribution is -0.116. The second-order valence-corrected chi connectivity index (χ2v) is 9.74. The minimum atomic E-state index is -3.58. The smallest absolute Gasteiger partial charge is 0.243 e. The SMILES string of the molecule is CC(C)N(C)S(=O)(=O)c1ccc(NC(=O)C2c3ccccc3Oc3ccccc32)cc1. The first-order valence-corrected chi connectivity index (χ1v) is 11.5. The van der Waals surface area contributed by atoms with Crippen molar-refractivity contribution in [1.29, 1.82) is 0 Å². The zero-order valence-electron chi connectivity index (χ0n) is 17.6. The number of nitrogens with zero attached hydrogens (tertiary/aromatic N) is 1. The number of para-hydroxylation sites is 2. The largest absolute Gasteiger partial charge is 0.457 e. The van der Waals surface area contributed by atoms with Crippen molar-refractivity contribution < 1.29 is 17.9 Å². The summed E-state index contributed by atoms with van der Waals surface area (Å²) in [5.41, 5.74) is 2.10. The number of hydrogen-bond acceptors (Lipinski definition) is 4. The summed E-state index contributed by atoms with van der Waals surface area (Å²) in [5, 5.41) is 2.92. The maximum Gasteiger partial charge on any atom is 0.243 e. The molecule has 0 aliphatic carbocycles. The number of fused-ring (bicyclic) bond motifs is 2. The lowest BCUT2D eigenvalue weighted by atomic mass is 9.87. The molecule has 0 saturated heterocycles. The summed E-state index contributed by atoms with van der Waals surface area (Å²) in [6.45, 7) is 3.63. The minimum absolute atomic E-state index is 0.155. The number of rotatable bonds is 5. The molecule has 0 unspecified atom stereocenters. The quantitative estimate of drug-likeness (QED) is 0.635. The van der Waals surface area contributed by atoms with Crippen molar-refractivity contribution in [2.45, 2.75) is 30.7 Å². The molecule has 1 N–H and O–H groups in total. The van der Waals surface area contributed by atoms with Crippen LogP contribution in [0.15, 0.2) is 77.7 Å². The van der Waals surface area contributed by atoms with Crippen LogP contribution in [0.4, 0.5) is 5.69 Å². The van der Waals surface area contributed by atoms with E-state index in [1.54, 1.807) is 19.2 Å². The summed E-state index contributed by atoms with van der Waals surface area (Å²) in [6, 6.07) is 21.0. The Morgan fingerprint density at radius 2 is 1.42 bits per heavy atom. The maximum absolute atomic E-state index is 13.3.